The number of aromatic nitrogens is 1. The highest BCUT2D eigenvalue weighted by Gasteiger charge is 2.34. The maximum Gasteiger partial charge on any atom is 0.338 e. The second-order valence-electron chi connectivity index (χ2n) is 9.28. The quantitative estimate of drug-likeness (QED) is 0.261. The summed E-state index contributed by atoms with van der Waals surface area (Å²) in [5.74, 6) is -0.103. The van der Waals surface area contributed by atoms with Crippen molar-refractivity contribution in [3.8, 4) is 11.5 Å². The van der Waals surface area contributed by atoms with Crippen molar-refractivity contribution < 1.29 is 23.4 Å². The first kappa shape index (κ1) is 28.6. The molecule has 1 aromatic heterocycles. The Morgan fingerprint density at radius 3 is 2.69 bits per heavy atom. The molecule has 2 aromatic carbocycles. The normalized spacial score (nSPS) is 15.3. The van der Waals surface area contributed by atoms with E-state index < -0.39 is 23.4 Å². The molecule has 0 N–H and O–H groups in total. The van der Waals surface area contributed by atoms with Gasteiger partial charge in [0.15, 0.2) is 16.3 Å². The van der Waals surface area contributed by atoms with Crippen LogP contribution in [0.25, 0.3) is 6.08 Å². The monoisotopic (exact) mass is 572 g/mol. The van der Waals surface area contributed by atoms with Crippen molar-refractivity contribution in [1.29, 1.82) is 0 Å². The fourth-order valence-corrected chi connectivity index (χ4v) is 5.50. The van der Waals surface area contributed by atoms with E-state index >= 15 is 0 Å². The van der Waals surface area contributed by atoms with Crippen LogP contribution < -0.4 is 24.4 Å². The third-order valence-electron chi connectivity index (χ3n) is 6.12. The van der Waals surface area contributed by atoms with E-state index in [0.717, 1.165) is 24.2 Å². The zero-order chi connectivity index (χ0) is 28.3. The van der Waals surface area contributed by atoms with Gasteiger partial charge in [-0.25, -0.2) is 14.2 Å². The standard InChI is InChI=1S/C29H30ClFN2O5S/c1-6-7-13-37-22-12-11-18(14-23(22)36-5)26-25(28(35)38-16(2)3)17(4)32-29-33(26)27(34)24(39-29)15-19-20(30)9-8-10-21(19)31/h8-12,14-16,26H,6-7,13H2,1-5H3/b24-15-. The van der Waals surface area contributed by atoms with Gasteiger partial charge < -0.3 is 14.2 Å². The van der Waals surface area contributed by atoms with E-state index in [0.29, 0.717) is 34.2 Å². The first-order valence-corrected chi connectivity index (χ1v) is 13.8. The average Bonchev–Trinajstić information content (AvgIpc) is 3.19. The first-order valence-electron chi connectivity index (χ1n) is 12.6. The van der Waals surface area contributed by atoms with Crippen LogP contribution in [0, 0.1) is 5.82 Å². The van der Waals surface area contributed by atoms with Gasteiger partial charge in [0.2, 0.25) is 0 Å². The van der Waals surface area contributed by atoms with Crippen LogP contribution >= 0.6 is 22.9 Å². The van der Waals surface area contributed by atoms with Gasteiger partial charge in [0, 0.05) is 5.56 Å². The van der Waals surface area contributed by atoms with E-state index in [9.17, 15) is 14.0 Å². The molecule has 0 spiro atoms. The summed E-state index contributed by atoms with van der Waals surface area (Å²) >= 11 is 7.31. The van der Waals surface area contributed by atoms with Crippen LogP contribution in [0.2, 0.25) is 5.02 Å². The highest BCUT2D eigenvalue weighted by atomic mass is 35.5. The van der Waals surface area contributed by atoms with E-state index in [2.05, 4.69) is 11.9 Å². The molecular weight excluding hydrogens is 543 g/mol. The summed E-state index contributed by atoms with van der Waals surface area (Å²) in [5.41, 5.74) is 0.924. The Morgan fingerprint density at radius 2 is 2.03 bits per heavy atom. The van der Waals surface area contributed by atoms with Crippen molar-refractivity contribution in [2.45, 2.75) is 52.7 Å². The maximum absolute atomic E-state index is 14.5. The molecule has 39 heavy (non-hydrogen) atoms. The van der Waals surface area contributed by atoms with Gasteiger partial charge in [-0.3, -0.25) is 9.36 Å². The van der Waals surface area contributed by atoms with E-state index in [1.807, 2.05) is 0 Å². The number of ether oxygens (including phenoxy) is 3. The molecule has 0 radical (unpaired) electrons. The average molecular weight is 573 g/mol. The topological polar surface area (TPSA) is 79.1 Å². The minimum Gasteiger partial charge on any atom is -0.493 e. The third-order valence-corrected chi connectivity index (χ3v) is 7.43. The van der Waals surface area contributed by atoms with Gasteiger partial charge in [-0.15, -0.1) is 0 Å². The third kappa shape index (κ3) is 5.94. The van der Waals surface area contributed by atoms with Gasteiger partial charge in [-0.05, 0) is 63.1 Å². The number of unbranched alkanes of at least 4 members (excludes halogenated alkanes) is 1. The molecule has 0 bridgehead atoms. The van der Waals surface area contributed by atoms with E-state index in [1.165, 1.54) is 29.9 Å². The number of thiazole rings is 1. The van der Waals surface area contributed by atoms with Crippen LogP contribution in [0.1, 0.15) is 57.7 Å². The van der Waals surface area contributed by atoms with E-state index in [4.69, 9.17) is 25.8 Å². The van der Waals surface area contributed by atoms with Crippen molar-refractivity contribution in [1.82, 2.24) is 4.57 Å². The minimum absolute atomic E-state index is 0.103. The Balaban J connectivity index is 1.93. The maximum atomic E-state index is 14.5. The van der Waals surface area contributed by atoms with Crippen LogP contribution in [0.5, 0.6) is 11.5 Å². The number of halogens is 2. The molecule has 7 nitrogen and oxygen atoms in total. The smallest absolute Gasteiger partial charge is 0.338 e. The summed E-state index contributed by atoms with van der Waals surface area (Å²) in [5, 5.41) is 0.179. The van der Waals surface area contributed by atoms with E-state index in [-0.39, 0.29) is 26.8 Å². The molecule has 0 saturated heterocycles. The van der Waals surface area contributed by atoms with Gasteiger partial charge in [0.1, 0.15) is 5.82 Å². The minimum atomic E-state index is -0.857. The van der Waals surface area contributed by atoms with Crippen molar-refractivity contribution in [3.05, 3.63) is 89.3 Å². The second-order valence-corrected chi connectivity index (χ2v) is 10.7. The van der Waals surface area contributed by atoms with Crippen LogP contribution in [0.15, 0.2) is 57.5 Å². The summed E-state index contributed by atoms with van der Waals surface area (Å²) in [6.07, 6.45) is 2.91. The molecule has 0 fully saturated rings. The highest BCUT2D eigenvalue weighted by Crippen LogP contribution is 2.36. The van der Waals surface area contributed by atoms with Crippen molar-refractivity contribution in [2.24, 2.45) is 4.99 Å². The number of rotatable bonds is 9. The van der Waals surface area contributed by atoms with Gasteiger partial charge in [-0.2, -0.15) is 0 Å². The molecule has 1 unspecified atom stereocenters. The number of hydrogen-bond acceptors (Lipinski definition) is 7. The number of esters is 1. The zero-order valence-corrected chi connectivity index (χ0v) is 24.0. The Morgan fingerprint density at radius 1 is 1.26 bits per heavy atom. The lowest BCUT2D eigenvalue weighted by atomic mass is 9.95. The highest BCUT2D eigenvalue weighted by molar-refractivity contribution is 7.07. The molecule has 0 saturated carbocycles. The Kier molecular flexibility index (Phi) is 8.92. The van der Waals surface area contributed by atoms with Crippen molar-refractivity contribution in [3.63, 3.8) is 0 Å². The summed E-state index contributed by atoms with van der Waals surface area (Å²) in [6.45, 7) is 7.81. The molecule has 4 rings (SSSR count). The molecule has 0 amide bonds. The fraction of sp³-hybridized carbons (Fsp3) is 0.345. The SMILES string of the molecule is CCCCOc1ccc(C2C(C(=O)OC(C)C)=C(C)N=c3s/c(=C\c4c(F)cccc4Cl)c(=O)n32)cc1OC. The molecule has 10 heteroatoms. The lowest BCUT2D eigenvalue weighted by Gasteiger charge is -2.26. The van der Waals surface area contributed by atoms with Crippen molar-refractivity contribution >= 4 is 35.0 Å². The molecule has 206 valence electrons. The number of fused-ring (bicyclic) bond motifs is 1. The first-order chi connectivity index (χ1) is 18.7. The Hall–Kier alpha value is -3.43. The number of nitrogens with zero attached hydrogens (tertiary/aromatic N) is 2. The lowest BCUT2D eigenvalue weighted by molar-refractivity contribution is -0.143. The molecule has 3 aromatic rings. The summed E-state index contributed by atoms with van der Waals surface area (Å²) in [6, 6.07) is 8.77. The molecular formula is C29H30ClFN2O5S. The second kappa shape index (κ2) is 12.2. The summed E-state index contributed by atoms with van der Waals surface area (Å²) < 4.78 is 33.2. The number of allylic oxidation sites excluding steroid dienone is 1. The number of benzene rings is 2. The van der Waals surface area contributed by atoms with Crippen LogP contribution in [-0.2, 0) is 9.53 Å². The van der Waals surface area contributed by atoms with Crippen LogP contribution in [0.4, 0.5) is 4.39 Å². The number of methoxy groups -OCH3 is 1. The van der Waals surface area contributed by atoms with Gasteiger partial charge in [0.25, 0.3) is 5.56 Å². The number of hydrogen-bond donors (Lipinski definition) is 0. The molecule has 1 atom stereocenters. The van der Waals surface area contributed by atoms with Gasteiger partial charge in [0.05, 0.1) is 46.7 Å². The number of carbonyl (C=O) groups is 1. The Bertz CT molecular complexity index is 1590. The Labute approximate surface area is 234 Å². The molecule has 1 aliphatic heterocycles. The predicted molar refractivity (Wildman–Crippen MR) is 150 cm³/mol. The molecule has 1 aliphatic rings. The van der Waals surface area contributed by atoms with Crippen LogP contribution in [-0.4, -0.2) is 30.4 Å². The zero-order valence-electron chi connectivity index (χ0n) is 22.4. The van der Waals surface area contributed by atoms with Crippen LogP contribution in [0.3, 0.4) is 0 Å². The molecule has 2 heterocycles. The predicted octanol–water partition coefficient (Wildman–Crippen LogP) is 5.17. The van der Waals surface area contributed by atoms with Crippen molar-refractivity contribution in [2.75, 3.05) is 13.7 Å². The fourth-order valence-electron chi connectivity index (χ4n) is 4.26. The molecule has 0 aliphatic carbocycles. The van der Waals surface area contributed by atoms with E-state index in [1.54, 1.807) is 45.0 Å². The summed E-state index contributed by atoms with van der Waals surface area (Å²) in [4.78, 5) is 32.1. The largest absolute Gasteiger partial charge is 0.493 e. The van der Waals surface area contributed by atoms with Gasteiger partial charge >= 0.3 is 5.97 Å². The summed E-state index contributed by atoms with van der Waals surface area (Å²) in [7, 11) is 1.53. The van der Waals surface area contributed by atoms with Gasteiger partial charge in [-0.1, -0.05) is 48.4 Å². The number of carbonyl (C=O) groups excluding carboxylic acids is 1. The lowest BCUT2D eigenvalue weighted by Crippen LogP contribution is -2.40.